The Morgan fingerprint density at radius 1 is 1.41 bits per heavy atom. The van der Waals surface area contributed by atoms with E-state index in [4.69, 9.17) is 11.5 Å². The van der Waals surface area contributed by atoms with Gasteiger partial charge in [0.05, 0.1) is 5.41 Å². The molecule has 17 heavy (non-hydrogen) atoms. The van der Waals surface area contributed by atoms with E-state index in [0.29, 0.717) is 12.0 Å². The molecule has 1 heterocycles. The van der Waals surface area contributed by atoms with Crippen LogP contribution in [0.3, 0.4) is 0 Å². The average Bonchev–Trinajstić information content (AvgIpc) is 2.73. The molecule has 0 bridgehead atoms. The van der Waals surface area contributed by atoms with Crippen molar-refractivity contribution < 1.29 is 4.79 Å². The number of likely N-dealkylation sites (tertiary alicyclic amines) is 1. The Hall–Kier alpha value is -0.610. The van der Waals surface area contributed by atoms with E-state index < -0.39 is 0 Å². The van der Waals surface area contributed by atoms with Gasteiger partial charge < -0.3 is 11.5 Å². The first kappa shape index (κ1) is 12.8. The maximum atomic E-state index is 11.5. The zero-order valence-corrected chi connectivity index (χ0v) is 10.8. The van der Waals surface area contributed by atoms with Crippen molar-refractivity contribution in [3.63, 3.8) is 0 Å². The third kappa shape index (κ3) is 2.47. The van der Waals surface area contributed by atoms with E-state index >= 15 is 0 Å². The van der Waals surface area contributed by atoms with E-state index in [1.807, 2.05) is 6.92 Å². The highest BCUT2D eigenvalue weighted by molar-refractivity contribution is 5.81. The van der Waals surface area contributed by atoms with Crippen molar-refractivity contribution in [3.05, 3.63) is 0 Å². The van der Waals surface area contributed by atoms with Crippen LogP contribution in [-0.4, -0.2) is 36.5 Å². The summed E-state index contributed by atoms with van der Waals surface area (Å²) < 4.78 is 0. The third-order valence-electron chi connectivity index (χ3n) is 4.74. The summed E-state index contributed by atoms with van der Waals surface area (Å²) in [5, 5.41) is 0. The average molecular weight is 239 g/mol. The van der Waals surface area contributed by atoms with Gasteiger partial charge in [0.25, 0.3) is 0 Å². The summed E-state index contributed by atoms with van der Waals surface area (Å²) in [4.78, 5) is 13.9. The van der Waals surface area contributed by atoms with Crippen molar-refractivity contribution in [3.8, 4) is 0 Å². The fourth-order valence-corrected chi connectivity index (χ4v) is 3.42. The van der Waals surface area contributed by atoms with Gasteiger partial charge in [-0.15, -0.1) is 0 Å². The number of hydrogen-bond donors (Lipinski definition) is 2. The second kappa shape index (κ2) is 4.94. The molecule has 98 valence electrons. The Morgan fingerprint density at radius 2 is 2.12 bits per heavy atom. The number of hydrogen-bond acceptors (Lipinski definition) is 3. The maximum Gasteiger partial charge on any atom is 0.224 e. The Morgan fingerprint density at radius 3 is 2.71 bits per heavy atom. The zero-order valence-electron chi connectivity index (χ0n) is 10.8. The topological polar surface area (TPSA) is 72.4 Å². The lowest BCUT2D eigenvalue weighted by Crippen LogP contribution is -2.46. The second-order valence-corrected chi connectivity index (χ2v) is 5.99. The van der Waals surface area contributed by atoms with E-state index in [9.17, 15) is 4.79 Å². The first-order valence-corrected chi connectivity index (χ1v) is 6.81. The minimum absolute atomic E-state index is 0.153. The quantitative estimate of drug-likeness (QED) is 0.761. The number of rotatable bonds is 3. The van der Waals surface area contributed by atoms with E-state index in [1.165, 1.54) is 25.7 Å². The number of primary amides is 1. The molecule has 0 aromatic heterocycles. The molecule has 2 rings (SSSR count). The number of amides is 1. The molecule has 4 nitrogen and oxygen atoms in total. The van der Waals surface area contributed by atoms with Gasteiger partial charge in [-0.05, 0) is 45.2 Å². The number of nitrogens with two attached hydrogens (primary N) is 2. The zero-order chi connectivity index (χ0) is 12.5. The molecule has 4 N–H and O–H groups in total. The normalized spacial score (nSPS) is 39.4. The van der Waals surface area contributed by atoms with Crippen molar-refractivity contribution >= 4 is 5.91 Å². The number of carbonyl (C=O) groups is 1. The predicted molar refractivity (Wildman–Crippen MR) is 68.3 cm³/mol. The second-order valence-electron chi connectivity index (χ2n) is 5.99. The first-order valence-electron chi connectivity index (χ1n) is 6.81. The van der Waals surface area contributed by atoms with Crippen LogP contribution in [0.4, 0.5) is 0 Å². The van der Waals surface area contributed by atoms with Crippen LogP contribution in [0.25, 0.3) is 0 Å². The van der Waals surface area contributed by atoms with Crippen molar-refractivity contribution in [2.45, 2.75) is 45.1 Å². The molecular formula is C13H25N3O. The molecule has 3 atom stereocenters. The highest BCUT2D eigenvalue weighted by Crippen LogP contribution is 2.36. The van der Waals surface area contributed by atoms with Crippen LogP contribution in [0.1, 0.15) is 39.0 Å². The molecule has 0 aromatic rings. The predicted octanol–water partition coefficient (Wildman–Crippen LogP) is 0.701. The van der Waals surface area contributed by atoms with Crippen molar-refractivity contribution in [2.75, 3.05) is 19.6 Å². The number of nitrogens with zero attached hydrogens (tertiary/aromatic N) is 1. The first-order chi connectivity index (χ1) is 8.07. The molecule has 1 saturated heterocycles. The van der Waals surface area contributed by atoms with Crippen LogP contribution >= 0.6 is 0 Å². The van der Waals surface area contributed by atoms with Gasteiger partial charge in [-0.3, -0.25) is 9.69 Å². The largest absolute Gasteiger partial charge is 0.369 e. The summed E-state index contributed by atoms with van der Waals surface area (Å²) in [6.45, 7) is 4.59. The standard InChI is InChI=1S/C13H25N3O/c1-13(12(15)17)6-7-16(9-13)11-5-3-2-4-10(11)8-14/h10-11H,2-9,14H2,1H3,(H2,15,17). The lowest BCUT2D eigenvalue weighted by Gasteiger charge is -2.38. The minimum atomic E-state index is -0.323. The van der Waals surface area contributed by atoms with Crippen LogP contribution in [0.5, 0.6) is 0 Å². The molecular weight excluding hydrogens is 214 g/mol. The highest BCUT2D eigenvalue weighted by atomic mass is 16.1. The van der Waals surface area contributed by atoms with E-state index in [1.54, 1.807) is 0 Å². The lowest BCUT2D eigenvalue weighted by molar-refractivity contribution is -0.126. The number of carbonyl (C=O) groups excluding carboxylic acids is 1. The van der Waals surface area contributed by atoms with Crippen LogP contribution in [0.15, 0.2) is 0 Å². The van der Waals surface area contributed by atoms with Crippen molar-refractivity contribution in [2.24, 2.45) is 22.8 Å². The van der Waals surface area contributed by atoms with E-state index in [0.717, 1.165) is 26.1 Å². The van der Waals surface area contributed by atoms with Gasteiger partial charge in [-0.2, -0.15) is 0 Å². The Bertz CT molecular complexity index is 294. The van der Waals surface area contributed by atoms with Gasteiger partial charge in [0, 0.05) is 12.6 Å². The lowest BCUT2D eigenvalue weighted by atomic mass is 9.83. The molecule has 1 aliphatic heterocycles. The molecule has 4 heteroatoms. The molecule has 3 unspecified atom stereocenters. The summed E-state index contributed by atoms with van der Waals surface area (Å²) in [7, 11) is 0. The summed E-state index contributed by atoms with van der Waals surface area (Å²) >= 11 is 0. The molecule has 0 spiro atoms. The maximum absolute atomic E-state index is 11.5. The Labute approximate surface area is 104 Å². The van der Waals surface area contributed by atoms with Crippen molar-refractivity contribution in [1.82, 2.24) is 4.90 Å². The van der Waals surface area contributed by atoms with Crippen LogP contribution in [-0.2, 0) is 4.79 Å². The minimum Gasteiger partial charge on any atom is -0.369 e. The van der Waals surface area contributed by atoms with E-state index in [2.05, 4.69) is 4.90 Å². The summed E-state index contributed by atoms with van der Waals surface area (Å²) in [5.74, 6) is 0.457. The molecule has 0 radical (unpaired) electrons. The summed E-state index contributed by atoms with van der Waals surface area (Å²) in [6.07, 6.45) is 5.97. The van der Waals surface area contributed by atoms with Gasteiger partial charge in [-0.1, -0.05) is 12.8 Å². The monoisotopic (exact) mass is 239 g/mol. The molecule has 1 amide bonds. The summed E-state index contributed by atoms with van der Waals surface area (Å²) in [5.41, 5.74) is 11.0. The molecule has 2 aliphatic rings. The van der Waals surface area contributed by atoms with Gasteiger partial charge in [0.1, 0.15) is 0 Å². The summed E-state index contributed by atoms with van der Waals surface area (Å²) in [6, 6.07) is 0.579. The van der Waals surface area contributed by atoms with Crippen LogP contribution in [0.2, 0.25) is 0 Å². The molecule has 1 aliphatic carbocycles. The SMILES string of the molecule is CC1(C(N)=O)CCN(C2CCCCC2CN)C1. The van der Waals surface area contributed by atoms with Crippen LogP contribution < -0.4 is 11.5 Å². The van der Waals surface area contributed by atoms with Gasteiger partial charge in [0.15, 0.2) is 0 Å². The third-order valence-corrected chi connectivity index (χ3v) is 4.74. The van der Waals surface area contributed by atoms with Gasteiger partial charge >= 0.3 is 0 Å². The highest BCUT2D eigenvalue weighted by Gasteiger charge is 2.42. The Kier molecular flexibility index (Phi) is 3.73. The molecule has 1 saturated carbocycles. The smallest absolute Gasteiger partial charge is 0.224 e. The Balaban J connectivity index is 2.01. The van der Waals surface area contributed by atoms with Crippen molar-refractivity contribution in [1.29, 1.82) is 0 Å². The molecule has 0 aromatic carbocycles. The van der Waals surface area contributed by atoms with Gasteiger partial charge in [0.2, 0.25) is 5.91 Å². The fraction of sp³-hybridized carbons (Fsp3) is 0.923. The van der Waals surface area contributed by atoms with Crippen LogP contribution in [0, 0.1) is 11.3 Å². The van der Waals surface area contributed by atoms with E-state index in [-0.39, 0.29) is 11.3 Å². The molecule has 2 fully saturated rings. The van der Waals surface area contributed by atoms with Gasteiger partial charge in [-0.25, -0.2) is 0 Å². The fourth-order valence-electron chi connectivity index (χ4n) is 3.42.